The molecule has 0 spiro atoms. The molecule has 0 saturated heterocycles. The summed E-state index contributed by atoms with van der Waals surface area (Å²) < 4.78 is 11.7. The minimum absolute atomic E-state index is 0.0505. The van der Waals surface area contributed by atoms with Crippen LogP contribution in [0.5, 0.6) is 11.5 Å². The molecule has 0 aliphatic heterocycles. The van der Waals surface area contributed by atoms with Crippen molar-refractivity contribution in [2.75, 3.05) is 0 Å². The van der Waals surface area contributed by atoms with E-state index in [1.807, 2.05) is 13.0 Å². The highest BCUT2D eigenvalue weighted by Gasteiger charge is 2.05. The lowest BCUT2D eigenvalue weighted by molar-refractivity contribution is 0.299. The van der Waals surface area contributed by atoms with Crippen LogP contribution in [0.3, 0.4) is 0 Å². The molecule has 0 saturated carbocycles. The summed E-state index contributed by atoms with van der Waals surface area (Å²) in [5, 5.41) is 23.4. The smallest absolute Gasteiger partial charge is 0.170 e. The van der Waals surface area contributed by atoms with Gasteiger partial charge in [0.2, 0.25) is 0 Å². The van der Waals surface area contributed by atoms with Gasteiger partial charge in [0.25, 0.3) is 0 Å². The van der Waals surface area contributed by atoms with Crippen LogP contribution < -0.4 is 20.9 Å². The first-order valence-electron chi connectivity index (χ1n) is 9.49. The third-order valence-electron chi connectivity index (χ3n) is 4.52. The molecular formula is C23H24N4O4. The molecule has 160 valence electrons. The van der Waals surface area contributed by atoms with Crippen LogP contribution in [0.25, 0.3) is 0 Å². The zero-order chi connectivity index (χ0) is 22.2. The minimum Gasteiger partial charge on any atom is -0.489 e. The van der Waals surface area contributed by atoms with Crippen LogP contribution in [-0.4, -0.2) is 22.1 Å². The van der Waals surface area contributed by atoms with Crippen molar-refractivity contribution in [3.05, 3.63) is 94.5 Å². The molecule has 0 bridgehead atoms. The van der Waals surface area contributed by atoms with Crippen LogP contribution in [-0.2, 0) is 13.2 Å². The van der Waals surface area contributed by atoms with Gasteiger partial charge in [0.1, 0.15) is 24.7 Å². The Morgan fingerprint density at radius 2 is 1.10 bits per heavy atom. The predicted octanol–water partition coefficient (Wildman–Crippen LogP) is 3.34. The van der Waals surface area contributed by atoms with Gasteiger partial charge in [0.05, 0.1) is 0 Å². The summed E-state index contributed by atoms with van der Waals surface area (Å²) in [4.78, 5) is 0. The fourth-order valence-corrected chi connectivity index (χ4v) is 3.01. The number of ether oxygens (including phenoxy) is 2. The van der Waals surface area contributed by atoms with Crippen LogP contribution >= 0.6 is 0 Å². The molecule has 8 heteroatoms. The Bertz CT molecular complexity index is 994. The average molecular weight is 420 g/mol. The molecule has 0 aliphatic rings. The molecular weight excluding hydrogens is 396 g/mol. The van der Waals surface area contributed by atoms with Crippen molar-refractivity contribution >= 4 is 11.7 Å². The monoisotopic (exact) mass is 420 g/mol. The van der Waals surface area contributed by atoms with Crippen LogP contribution in [0.15, 0.2) is 77.0 Å². The van der Waals surface area contributed by atoms with Crippen molar-refractivity contribution in [1.82, 2.24) is 0 Å². The van der Waals surface area contributed by atoms with Gasteiger partial charge in [-0.05, 0) is 72.6 Å². The first-order valence-corrected chi connectivity index (χ1v) is 9.49. The van der Waals surface area contributed by atoms with Crippen molar-refractivity contribution in [3.8, 4) is 11.5 Å². The van der Waals surface area contributed by atoms with E-state index in [0.29, 0.717) is 35.8 Å². The Kier molecular flexibility index (Phi) is 6.95. The number of amidine groups is 2. The van der Waals surface area contributed by atoms with Crippen molar-refractivity contribution in [1.29, 1.82) is 0 Å². The van der Waals surface area contributed by atoms with Gasteiger partial charge in [-0.2, -0.15) is 0 Å². The van der Waals surface area contributed by atoms with E-state index >= 15 is 0 Å². The minimum atomic E-state index is 0.0505. The second kappa shape index (κ2) is 10.0. The highest BCUT2D eigenvalue weighted by Crippen LogP contribution is 2.18. The zero-order valence-electron chi connectivity index (χ0n) is 17.0. The first kappa shape index (κ1) is 21.5. The maximum absolute atomic E-state index is 8.73. The van der Waals surface area contributed by atoms with E-state index in [1.54, 1.807) is 48.5 Å². The standard InChI is InChI=1S/C23H24N4O4/c1-15-10-16(13-30-20-6-2-18(3-7-20)22(24)26-28)12-17(11-15)14-31-21-8-4-19(5-9-21)23(25)27-29/h2-12,28-29H,13-14H2,1H3,(H2,24,26)(H2,25,27). The van der Waals surface area contributed by atoms with E-state index in [9.17, 15) is 0 Å². The lowest BCUT2D eigenvalue weighted by Gasteiger charge is -2.11. The quantitative estimate of drug-likeness (QED) is 0.191. The van der Waals surface area contributed by atoms with Crippen molar-refractivity contribution < 1.29 is 19.9 Å². The molecule has 0 unspecified atom stereocenters. The van der Waals surface area contributed by atoms with Gasteiger partial charge in [-0.25, -0.2) is 0 Å². The van der Waals surface area contributed by atoms with E-state index < -0.39 is 0 Å². The molecule has 3 rings (SSSR count). The summed E-state index contributed by atoms with van der Waals surface area (Å²) >= 11 is 0. The highest BCUT2D eigenvalue weighted by molar-refractivity contribution is 5.97. The van der Waals surface area contributed by atoms with Gasteiger partial charge >= 0.3 is 0 Å². The third-order valence-corrected chi connectivity index (χ3v) is 4.52. The molecule has 0 aromatic heterocycles. The van der Waals surface area contributed by atoms with Gasteiger partial charge in [-0.3, -0.25) is 0 Å². The Morgan fingerprint density at radius 1 is 0.710 bits per heavy atom. The van der Waals surface area contributed by atoms with Crippen LogP contribution in [0, 0.1) is 6.92 Å². The lowest BCUT2D eigenvalue weighted by atomic mass is 10.1. The SMILES string of the molecule is Cc1cc(COc2ccc(/C(N)=N/O)cc2)cc(COc2ccc(/C(N)=N/O)cc2)c1. The van der Waals surface area contributed by atoms with E-state index in [0.717, 1.165) is 16.7 Å². The summed E-state index contributed by atoms with van der Waals surface area (Å²) in [5.74, 6) is 1.46. The second-order valence-electron chi connectivity index (χ2n) is 6.92. The van der Waals surface area contributed by atoms with Crippen molar-refractivity contribution in [2.24, 2.45) is 21.8 Å². The molecule has 3 aromatic rings. The summed E-state index contributed by atoms with van der Waals surface area (Å²) in [5.41, 5.74) is 15.5. The molecule has 8 nitrogen and oxygen atoms in total. The first-order chi connectivity index (χ1) is 15.0. The third kappa shape index (κ3) is 5.89. The summed E-state index contributed by atoms with van der Waals surface area (Å²) in [6.07, 6.45) is 0. The Hall–Kier alpha value is -4.20. The van der Waals surface area contributed by atoms with Crippen molar-refractivity contribution in [3.63, 3.8) is 0 Å². The maximum Gasteiger partial charge on any atom is 0.170 e. The number of hydrogen-bond donors (Lipinski definition) is 4. The van der Waals surface area contributed by atoms with Gasteiger partial charge < -0.3 is 31.4 Å². The van der Waals surface area contributed by atoms with Crippen LogP contribution in [0.2, 0.25) is 0 Å². The van der Waals surface area contributed by atoms with Gasteiger partial charge in [0.15, 0.2) is 11.7 Å². The number of rotatable bonds is 8. The highest BCUT2D eigenvalue weighted by atomic mass is 16.5. The van der Waals surface area contributed by atoms with E-state index in [2.05, 4.69) is 22.4 Å². The fraction of sp³-hybridized carbons (Fsp3) is 0.130. The molecule has 0 aliphatic carbocycles. The molecule has 0 atom stereocenters. The number of nitrogens with two attached hydrogens (primary N) is 2. The van der Waals surface area contributed by atoms with E-state index in [4.69, 9.17) is 31.4 Å². The normalized spacial score (nSPS) is 11.9. The fourth-order valence-electron chi connectivity index (χ4n) is 3.01. The van der Waals surface area contributed by atoms with Gasteiger partial charge in [0, 0.05) is 11.1 Å². The van der Waals surface area contributed by atoms with E-state index in [1.165, 1.54) is 0 Å². The summed E-state index contributed by atoms with van der Waals surface area (Å²) in [7, 11) is 0. The second-order valence-corrected chi connectivity index (χ2v) is 6.92. The summed E-state index contributed by atoms with van der Waals surface area (Å²) in [6, 6.07) is 20.1. The van der Waals surface area contributed by atoms with Gasteiger partial charge in [-0.15, -0.1) is 0 Å². The van der Waals surface area contributed by atoms with Gasteiger partial charge in [-0.1, -0.05) is 28.0 Å². The predicted molar refractivity (Wildman–Crippen MR) is 118 cm³/mol. The number of aryl methyl sites for hydroxylation is 1. The zero-order valence-corrected chi connectivity index (χ0v) is 17.0. The molecule has 0 amide bonds. The molecule has 31 heavy (non-hydrogen) atoms. The van der Waals surface area contributed by atoms with Crippen LogP contribution in [0.1, 0.15) is 27.8 Å². The molecule has 6 N–H and O–H groups in total. The Morgan fingerprint density at radius 3 is 1.45 bits per heavy atom. The Balaban J connectivity index is 1.61. The van der Waals surface area contributed by atoms with E-state index in [-0.39, 0.29) is 11.7 Å². The summed E-state index contributed by atoms with van der Waals surface area (Å²) in [6.45, 7) is 2.81. The number of oxime groups is 2. The number of nitrogens with zero attached hydrogens (tertiary/aromatic N) is 2. The molecule has 0 heterocycles. The molecule has 0 fully saturated rings. The molecule has 3 aromatic carbocycles. The largest absolute Gasteiger partial charge is 0.489 e. The maximum atomic E-state index is 8.73. The average Bonchev–Trinajstić information content (AvgIpc) is 2.80. The topological polar surface area (TPSA) is 136 Å². The van der Waals surface area contributed by atoms with Crippen LogP contribution in [0.4, 0.5) is 0 Å². The lowest BCUT2D eigenvalue weighted by Crippen LogP contribution is -2.12. The number of hydrogen-bond acceptors (Lipinski definition) is 6. The Labute approximate surface area is 180 Å². The van der Waals surface area contributed by atoms with Crippen molar-refractivity contribution in [2.45, 2.75) is 20.1 Å². The molecule has 0 radical (unpaired) electrons. The number of benzene rings is 3.